The SMILES string of the molecule is CC(C)C[C@H](N)C(=O)NCC(O)CNC(=O)Cc1cccc(-c2ccccn2)c1. The van der Waals surface area contributed by atoms with Crippen molar-refractivity contribution in [3.8, 4) is 11.3 Å². The highest BCUT2D eigenvalue weighted by Gasteiger charge is 2.16. The van der Waals surface area contributed by atoms with E-state index in [9.17, 15) is 14.7 Å². The fraction of sp³-hybridized carbons (Fsp3) is 0.409. The van der Waals surface area contributed by atoms with E-state index in [2.05, 4.69) is 15.6 Å². The van der Waals surface area contributed by atoms with Crippen molar-refractivity contribution in [1.29, 1.82) is 0 Å². The molecule has 7 heteroatoms. The molecule has 156 valence electrons. The van der Waals surface area contributed by atoms with Crippen molar-refractivity contribution in [3.63, 3.8) is 0 Å². The lowest BCUT2D eigenvalue weighted by atomic mass is 10.0. The zero-order valence-corrected chi connectivity index (χ0v) is 17.0. The monoisotopic (exact) mass is 398 g/mol. The van der Waals surface area contributed by atoms with Crippen LogP contribution < -0.4 is 16.4 Å². The summed E-state index contributed by atoms with van der Waals surface area (Å²) in [6.07, 6.45) is 1.62. The van der Waals surface area contributed by atoms with Gasteiger partial charge in [-0.25, -0.2) is 0 Å². The lowest BCUT2D eigenvalue weighted by Gasteiger charge is -2.17. The molecule has 0 saturated carbocycles. The summed E-state index contributed by atoms with van der Waals surface area (Å²) in [7, 11) is 0. The van der Waals surface area contributed by atoms with Crippen LogP contribution in [0, 0.1) is 5.92 Å². The van der Waals surface area contributed by atoms with Gasteiger partial charge in [-0.15, -0.1) is 0 Å². The molecular formula is C22H30N4O3. The highest BCUT2D eigenvalue weighted by Crippen LogP contribution is 2.17. The Balaban J connectivity index is 1.76. The van der Waals surface area contributed by atoms with Crippen LogP contribution in [-0.4, -0.2) is 47.1 Å². The molecule has 1 aromatic carbocycles. The molecule has 0 aliphatic heterocycles. The molecule has 0 saturated heterocycles. The molecule has 5 N–H and O–H groups in total. The van der Waals surface area contributed by atoms with Gasteiger partial charge in [-0.2, -0.15) is 0 Å². The van der Waals surface area contributed by atoms with E-state index >= 15 is 0 Å². The first-order valence-corrected chi connectivity index (χ1v) is 9.83. The Morgan fingerprint density at radius 3 is 2.55 bits per heavy atom. The van der Waals surface area contributed by atoms with E-state index in [1.807, 2.05) is 56.3 Å². The summed E-state index contributed by atoms with van der Waals surface area (Å²) < 4.78 is 0. The number of nitrogens with two attached hydrogens (primary N) is 1. The van der Waals surface area contributed by atoms with Gasteiger partial charge in [0.2, 0.25) is 11.8 Å². The van der Waals surface area contributed by atoms with Gasteiger partial charge in [0, 0.05) is 24.8 Å². The molecule has 2 amide bonds. The van der Waals surface area contributed by atoms with Gasteiger partial charge in [0.05, 0.1) is 24.3 Å². The van der Waals surface area contributed by atoms with Crippen molar-refractivity contribution < 1.29 is 14.7 Å². The molecule has 7 nitrogen and oxygen atoms in total. The normalized spacial score (nSPS) is 13.0. The maximum Gasteiger partial charge on any atom is 0.237 e. The summed E-state index contributed by atoms with van der Waals surface area (Å²) in [4.78, 5) is 28.4. The van der Waals surface area contributed by atoms with Gasteiger partial charge in [-0.05, 0) is 36.1 Å². The Bertz CT molecular complexity index is 796. The molecule has 1 aromatic heterocycles. The Labute approximate surface area is 171 Å². The largest absolute Gasteiger partial charge is 0.389 e. The first kappa shape index (κ1) is 22.5. The zero-order valence-electron chi connectivity index (χ0n) is 17.0. The first-order valence-electron chi connectivity index (χ1n) is 9.83. The molecule has 0 spiro atoms. The lowest BCUT2D eigenvalue weighted by molar-refractivity contribution is -0.123. The minimum atomic E-state index is -0.881. The molecule has 2 atom stereocenters. The fourth-order valence-corrected chi connectivity index (χ4v) is 2.89. The highest BCUT2D eigenvalue weighted by molar-refractivity contribution is 5.81. The van der Waals surface area contributed by atoms with Crippen LogP contribution in [0.5, 0.6) is 0 Å². The van der Waals surface area contributed by atoms with Gasteiger partial charge >= 0.3 is 0 Å². The minimum Gasteiger partial charge on any atom is -0.389 e. The van der Waals surface area contributed by atoms with Gasteiger partial charge < -0.3 is 21.5 Å². The third-order valence-corrected chi connectivity index (χ3v) is 4.36. The van der Waals surface area contributed by atoms with Crippen LogP contribution in [0.25, 0.3) is 11.3 Å². The van der Waals surface area contributed by atoms with Crippen molar-refractivity contribution >= 4 is 11.8 Å². The number of nitrogens with zero attached hydrogens (tertiary/aromatic N) is 1. The topological polar surface area (TPSA) is 117 Å². The third-order valence-electron chi connectivity index (χ3n) is 4.36. The molecule has 2 rings (SSSR count). The summed E-state index contributed by atoms with van der Waals surface area (Å²) >= 11 is 0. The van der Waals surface area contributed by atoms with E-state index in [0.717, 1.165) is 16.8 Å². The molecular weight excluding hydrogens is 368 g/mol. The van der Waals surface area contributed by atoms with Crippen molar-refractivity contribution in [1.82, 2.24) is 15.6 Å². The van der Waals surface area contributed by atoms with Crippen molar-refractivity contribution in [2.45, 2.75) is 38.8 Å². The molecule has 0 radical (unpaired) electrons. The quantitative estimate of drug-likeness (QED) is 0.481. The number of aromatic nitrogens is 1. The number of carbonyl (C=O) groups is 2. The number of aliphatic hydroxyl groups is 1. The number of amides is 2. The smallest absolute Gasteiger partial charge is 0.237 e. The summed E-state index contributed by atoms with van der Waals surface area (Å²) in [6, 6.07) is 12.7. The van der Waals surface area contributed by atoms with E-state index in [1.165, 1.54) is 0 Å². The number of pyridine rings is 1. The van der Waals surface area contributed by atoms with Gasteiger partial charge in [-0.1, -0.05) is 38.1 Å². The number of benzene rings is 1. The van der Waals surface area contributed by atoms with Crippen molar-refractivity contribution in [2.24, 2.45) is 11.7 Å². The molecule has 1 unspecified atom stereocenters. The van der Waals surface area contributed by atoms with Crippen LogP contribution >= 0.6 is 0 Å². The molecule has 0 bridgehead atoms. The Hall–Kier alpha value is -2.77. The second-order valence-electron chi connectivity index (χ2n) is 7.53. The summed E-state index contributed by atoms with van der Waals surface area (Å²) in [5.41, 5.74) is 8.44. The highest BCUT2D eigenvalue weighted by atomic mass is 16.3. The van der Waals surface area contributed by atoms with Gasteiger partial charge in [0.15, 0.2) is 0 Å². The summed E-state index contributed by atoms with van der Waals surface area (Å²) in [6.45, 7) is 4.08. The Morgan fingerprint density at radius 1 is 1.10 bits per heavy atom. The van der Waals surface area contributed by atoms with Crippen molar-refractivity contribution in [2.75, 3.05) is 13.1 Å². The predicted octanol–water partition coefficient (Wildman–Crippen LogP) is 1.26. The average molecular weight is 399 g/mol. The van der Waals surface area contributed by atoms with Gasteiger partial charge in [0.25, 0.3) is 0 Å². The summed E-state index contributed by atoms with van der Waals surface area (Å²) in [5.74, 6) is -0.184. The fourth-order valence-electron chi connectivity index (χ4n) is 2.89. The Kier molecular flexibility index (Phi) is 8.76. The van der Waals surface area contributed by atoms with Crippen molar-refractivity contribution in [3.05, 3.63) is 54.2 Å². The van der Waals surface area contributed by atoms with Crippen LogP contribution in [0.4, 0.5) is 0 Å². The van der Waals surface area contributed by atoms with Crippen LogP contribution in [0.3, 0.4) is 0 Å². The lowest BCUT2D eigenvalue weighted by Crippen LogP contribution is -2.46. The third kappa shape index (κ3) is 8.01. The van der Waals surface area contributed by atoms with E-state index in [1.54, 1.807) is 6.20 Å². The molecule has 2 aromatic rings. The first-order chi connectivity index (χ1) is 13.8. The molecule has 1 heterocycles. The Morgan fingerprint density at radius 2 is 1.86 bits per heavy atom. The predicted molar refractivity (Wildman–Crippen MR) is 113 cm³/mol. The molecule has 0 aliphatic rings. The van der Waals surface area contributed by atoms with Crippen LogP contribution in [-0.2, 0) is 16.0 Å². The maximum absolute atomic E-state index is 12.2. The number of hydrogen-bond acceptors (Lipinski definition) is 5. The average Bonchev–Trinajstić information content (AvgIpc) is 2.70. The standard InChI is InChI=1S/C22H30N4O3/c1-15(2)10-19(23)22(29)26-14-18(27)13-25-21(28)12-16-6-5-7-17(11-16)20-8-3-4-9-24-20/h3-9,11,15,18-19,27H,10,12-14,23H2,1-2H3,(H,25,28)(H,26,29)/t18?,19-/m0/s1. The van der Waals surface area contributed by atoms with Crippen LogP contribution in [0.2, 0.25) is 0 Å². The zero-order chi connectivity index (χ0) is 21.2. The van der Waals surface area contributed by atoms with E-state index in [-0.39, 0.29) is 31.3 Å². The van der Waals surface area contributed by atoms with Gasteiger partial charge in [-0.3, -0.25) is 14.6 Å². The van der Waals surface area contributed by atoms with E-state index in [0.29, 0.717) is 12.3 Å². The number of nitrogens with one attached hydrogen (secondary N) is 2. The number of carbonyl (C=O) groups excluding carboxylic acids is 2. The minimum absolute atomic E-state index is 0.0417. The second kappa shape index (κ2) is 11.3. The second-order valence-corrected chi connectivity index (χ2v) is 7.53. The molecule has 0 fully saturated rings. The van der Waals surface area contributed by atoms with E-state index < -0.39 is 12.1 Å². The van der Waals surface area contributed by atoms with E-state index in [4.69, 9.17) is 5.73 Å². The number of rotatable bonds is 10. The maximum atomic E-state index is 12.2. The number of hydrogen-bond donors (Lipinski definition) is 4. The molecule has 29 heavy (non-hydrogen) atoms. The molecule has 0 aliphatic carbocycles. The summed E-state index contributed by atoms with van der Waals surface area (Å²) in [5, 5.41) is 15.3. The van der Waals surface area contributed by atoms with Crippen LogP contribution in [0.1, 0.15) is 25.8 Å². The number of aliphatic hydroxyl groups excluding tert-OH is 1. The van der Waals surface area contributed by atoms with Gasteiger partial charge in [0.1, 0.15) is 0 Å². The van der Waals surface area contributed by atoms with Crippen LogP contribution in [0.15, 0.2) is 48.7 Å².